The van der Waals surface area contributed by atoms with Crippen LogP contribution in [0.1, 0.15) is 17.5 Å². The Labute approximate surface area is 186 Å². The Bertz CT molecular complexity index is 1100. The number of halogens is 1. The Morgan fingerprint density at radius 3 is 2.56 bits per heavy atom. The summed E-state index contributed by atoms with van der Waals surface area (Å²) in [6.07, 6.45) is 2.72. The molecule has 7 nitrogen and oxygen atoms in total. The zero-order chi connectivity index (χ0) is 22.7. The maximum atomic E-state index is 13.1. The van der Waals surface area contributed by atoms with Gasteiger partial charge in [-0.3, -0.25) is 4.79 Å². The number of nitrogens with one attached hydrogen (secondary N) is 1. The van der Waals surface area contributed by atoms with Crippen molar-refractivity contribution in [1.82, 2.24) is 9.62 Å². The standard InChI is InChI=1S/C23H25FN2O5S/c24-18-5-8-20(9-6-18)32(29,30)25-21-10-7-19(31-22(21)15-27)13-23(28)26-12-11-16-3-1-2-4-17(16)14-26/h1-10,19,21-22,25,27H,11-15H2/t19-,21-,22+/m0/s1. The molecule has 0 bridgehead atoms. The van der Waals surface area contributed by atoms with Crippen molar-refractivity contribution in [3.63, 3.8) is 0 Å². The van der Waals surface area contributed by atoms with Gasteiger partial charge in [-0.25, -0.2) is 17.5 Å². The molecule has 0 radical (unpaired) electrons. The fraction of sp³-hybridized carbons (Fsp3) is 0.348. The van der Waals surface area contributed by atoms with Crippen molar-refractivity contribution < 1.29 is 27.4 Å². The highest BCUT2D eigenvalue weighted by molar-refractivity contribution is 7.89. The van der Waals surface area contributed by atoms with E-state index in [-0.39, 0.29) is 17.2 Å². The molecule has 170 valence electrons. The zero-order valence-corrected chi connectivity index (χ0v) is 18.2. The molecule has 2 N–H and O–H groups in total. The van der Waals surface area contributed by atoms with Crippen molar-refractivity contribution in [2.24, 2.45) is 0 Å². The molecular formula is C23H25FN2O5S. The molecule has 0 spiro atoms. The minimum Gasteiger partial charge on any atom is -0.394 e. The van der Waals surface area contributed by atoms with E-state index in [4.69, 9.17) is 4.74 Å². The monoisotopic (exact) mass is 460 g/mol. The van der Waals surface area contributed by atoms with Crippen LogP contribution in [0.5, 0.6) is 0 Å². The van der Waals surface area contributed by atoms with E-state index in [9.17, 15) is 22.7 Å². The largest absolute Gasteiger partial charge is 0.394 e. The van der Waals surface area contributed by atoms with E-state index in [0.29, 0.717) is 13.1 Å². The Morgan fingerprint density at radius 2 is 1.84 bits per heavy atom. The third-order valence-corrected chi connectivity index (χ3v) is 7.21. The molecule has 4 rings (SSSR count). The van der Waals surface area contributed by atoms with Gasteiger partial charge in [-0.2, -0.15) is 0 Å². The summed E-state index contributed by atoms with van der Waals surface area (Å²) < 4.78 is 46.5. The van der Waals surface area contributed by atoms with Crippen molar-refractivity contribution in [3.05, 3.63) is 77.6 Å². The summed E-state index contributed by atoms with van der Waals surface area (Å²) in [6.45, 7) is 0.757. The minimum absolute atomic E-state index is 0.0591. The predicted molar refractivity (Wildman–Crippen MR) is 116 cm³/mol. The topological polar surface area (TPSA) is 95.9 Å². The van der Waals surface area contributed by atoms with Crippen molar-refractivity contribution in [2.45, 2.75) is 42.5 Å². The van der Waals surface area contributed by atoms with E-state index < -0.39 is 40.7 Å². The molecule has 2 heterocycles. The molecule has 0 saturated carbocycles. The number of hydrogen-bond donors (Lipinski definition) is 2. The van der Waals surface area contributed by atoms with Gasteiger partial charge in [-0.15, -0.1) is 0 Å². The number of amides is 1. The Hall–Kier alpha value is -2.59. The first kappa shape index (κ1) is 22.6. The Balaban J connectivity index is 1.39. The number of rotatable bonds is 6. The van der Waals surface area contributed by atoms with Gasteiger partial charge >= 0.3 is 0 Å². The van der Waals surface area contributed by atoms with Crippen molar-refractivity contribution in [1.29, 1.82) is 0 Å². The van der Waals surface area contributed by atoms with E-state index in [1.807, 2.05) is 18.2 Å². The van der Waals surface area contributed by atoms with Gasteiger partial charge in [0, 0.05) is 13.1 Å². The Kier molecular flexibility index (Phi) is 6.71. The lowest BCUT2D eigenvalue weighted by atomic mass is 9.99. The number of aliphatic hydroxyl groups excluding tert-OH is 1. The highest BCUT2D eigenvalue weighted by Gasteiger charge is 2.32. The van der Waals surface area contributed by atoms with Gasteiger partial charge in [0.1, 0.15) is 11.9 Å². The summed E-state index contributed by atoms with van der Waals surface area (Å²) >= 11 is 0. The number of benzene rings is 2. The van der Waals surface area contributed by atoms with Gasteiger partial charge in [0.25, 0.3) is 0 Å². The van der Waals surface area contributed by atoms with Crippen LogP contribution in [0.15, 0.2) is 65.6 Å². The van der Waals surface area contributed by atoms with Gasteiger partial charge in [0.2, 0.25) is 15.9 Å². The average molecular weight is 461 g/mol. The van der Waals surface area contributed by atoms with Gasteiger partial charge in [0.15, 0.2) is 0 Å². The number of nitrogens with zero attached hydrogens (tertiary/aromatic N) is 1. The van der Waals surface area contributed by atoms with Gasteiger partial charge in [-0.1, -0.05) is 36.4 Å². The highest BCUT2D eigenvalue weighted by Crippen LogP contribution is 2.22. The first-order valence-corrected chi connectivity index (χ1v) is 11.9. The molecule has 0 unspecified atom stereocenters. The van der Waals surface area contributed by atoms with Crippen LogP contribution in [0.25, 0.3) is 0 Å². The molecule has 0 aromatic heterocycles. The van der Waals surface area contributed by atoms with Gasteiger partial charge in [-0.05, 0) is 41.8 Å². The number of carbonyl (C=O) groups is 1. The summed E-state index contributed by atoms with van der Waals surface area (Å²) in [5.41, 5.74) is 2.39. The number of carbonyl (C=O) groups excluding carboxylic acids is 1. The van der Waals surface area contributed by atoms with Gasteiger partial charge < -0.3 is 14.7 Å². The van der Waals surface area contributed by atoms with Crippen LogP contribution in [-0.4, -0.2) is 55.7 Å². The van der Waals surface area contributed by atoms with Crippen LogP contribution in [0.4, 0.5) is 4.39 Å². The summed E-state index contributed by atoms with van der Waals surface area (Å²) in [5.74, 6) is -0.598. The molecule has 2 aliphatic heterocycles. The fourth-order valence-electron chi connectivity index (χ4n) is 3.98. The lowest BCUT2D eigenvalue weighted by molar-refractivity contribution is -0.136. The summed E-state index contributed by atoms with van der Waals surface area (Å²) in [6, 6.07) is 11.7. The highest BCUT2D eigenvalue weighted by atomic mass is 32.2. The van der Waals surface area contributed by atoms with Crippen molar-refractivity contribution >= 4 is 15.9 Å². The maximum absolute atomic E-state index is 13.1. The molecule has 9 heteroatoms. The molecule has 2 aliphatic rings. The number of ether oxygens (including phenoxy) is 1. The van der Waals surface area contributed by atoms with Crippen LogP contribution in [0, 0.1) is 5.82 Å². The summed E-state index contributed by atoms with van der Waals surface area (Å²) in [4.78, 5) is 14.5. The van der Waals surface area contributed by atoms with E-state index in [2.05, 4.69) is 10.8 Å². The number of fused-ring (bicyclic) bond motifs is 1. The van der Waals surface area contributed by atoms with E-state index >= 15 is 0 Å². The Morgan fingerprint density at radius 1 is 1.12 bits per heavy atom. The van der Waals surface area contributed by atoms with Crippen LogP contribution in [-0.2, 0) is 32.5 Å². The lowest BCUT2D eigenvalue weighted by Gasteiger charge is -2.33. The van der Waals surface area contributed by atoms with E-state index in [1.54, 1.807) is 17.1 Å². The molecule has 0 saturated heterocycles. The second kappa shape index (κ2) is 9.50. The van der Waals surface area contributed by atoms with Crippen LogP contribution < -0.4 is 4.72 Å². The smallest absolute Gasteiger partial charge is 0.241 e. The third-order valence-electron chi connectivity index (χ3n) is 5.74. The second-order valence-corrected chi connectivity index (χ2v) is 9.63. The SMILES string of the molecule is O=C(C[C@@H]1C=C[C@H](NS(=O)(=O)c2ccc(F)cc2)[C@@H](CO)O1)N1CCc2ccccc2C1. The minimum atomic E-state index is -3.94. The quantitative estimate of drug-likeness (QED) is 0.641. The number of hydrogen-bond acceptors (Lipinski definition) is 5. The first-order chi connectivity index (χ1) is 15.4. The molecule has 3 atom stereocenters. The molecule has 0 aliphatic carbocycles. The molecular weight excluding hydrogens is 435 g/mol. The molecule has 0 fully saturated rings. The van der Waals surface area contributed by atoms with E-state index in [0.717, 1.165) is 36.2 Å². The predicted octanol–water partition coefficient (Wildman–Crippen LogP) is 1.76. The third kappa shape index (κ3) is 5.07. The number of sulfonamides is 1. The summed E-state index contributed by atoms with van der Waals surface area (Å²) in [5, 5.41) is 9.74. The molecule has 2 aromatic carbocycles. The lowest BCUT2D eigenvalue weighted by Crippen LogP contribution is -2.49. The summed E-state index contributed by atoms with van der Waals surface area (Å²) in [7, 11) is -3.94. The second-order valence-electron chi connectivity index (χ2n) is 7.92. The molecule has 32 heavy (non-hydrogen) atoms. The zero-order valence-electron chi connectivity index (χ0n) is 17.4. The first-order valence-electron chi connectivity index (χ1n) is 10.4. The maximum Gasteiger partial charge on any atom is 0.241 e. The van der Waals surface area contributed by atoms with Gasteiger partial charge in [0.05, 0.1) is 30.1 Å². The van der Waals surface area contributed by atoms with Crippen molar-refractivity contribution in [2.75, 3.05) is 13.2 Å². The van der Waals surface area contributed by atoms with Crippen LogP contribution >= 0.6 is 0 Å². The van der Waals surface area contributed by atoms with Crippen LogP contribution in [0.2, 0.25) is 0 Å². The molecule has 1 amide bonds. The van der Waals surface area contributed by atoms with Crippen molar-refractivity contribution in [3.8, 4) is 0 Å². The normalized spacial score (nSPS) is 23.1. The number of aliphatic hydroxyl groups is 1. The fourth-order valence-corrected chi connectivity index (χ4v) is 5.20. The van der Waals surface area contributed by atoms with E-state index in [1.165, 1.54) is 5.56 Å². The van der Waals surface area contributed by atoms with Crippen LogP contribution in [0.3, 0.4) is 0 Å². The molecule has 2 aromatic rings. The average Bonchev–Trinajstić information content (AvgIpc) is 2.79.